The van der Waals surface area contributed by atoms with Gasteiger partial charge in [0.05, 0.1) is 11.2 Å². The van der Waals surface area contributed by atoms with Crippen molar-refractivity contribution in [3.05, 3.63) is 52.3 Å². The number of rotatable bonds is 0. The molecule has 4 rings (SSSR count). The standard InChI is InChI=1S/C16H15BrN2O/c1-18-15(20)13-4-2-9-19(13)14-10-11(17)5-6-12(14)16(18)7-3-8-16/h2,4-6,9-10H,3,7-8H2,1H3. The van der Waals surface area contributed by atoms with Crippen molar-refractivity contribution < 1.29 is 4.79 Å². The third kappa shape index (κ3) is 1.37. The van der Waals surface area contributed by atoms with Crippen LogP contribution in [0.3, 0.4) is 0 Å². The maximum absolute atomic E-state index is 12.8. The highest BCUT2D eigenvalue weighted by Crippen LogP contribution is 2.50. The van der Waals surface area contributed by atoms with Crippen LogP contribution in [-0.4, -0.2) is 22.4 Å². The van der Waals surface area contributed by atoms with E-state index in [1.165, 1.54) is 12.0 Å². The molecule has 2 aliphatic rings. The van der Waals surface area contributed by atoms with Crippen LogP contribution in [-0.2, 0) is 5.54 Å². The minimum atomic E-state index is -0.119. The Balaban J connectivity index is 2.07. The summed E-state index contributed by atoms with van der Waals surface area (Å²) in [5.74, 6) is 0.113. The van der Waals surface area contributed by atoms with Crippen molar-refractivity contribution in [2.75, 3.05) is 7.05 Å². The van der Waals surface area contributed by atoms with Crippen LogP contribution in [0.15, 0.2) is 41.0 Å². The van der Waals surface area contributed by atoms with Crippen LogP contribution >= 0.6 is 15.9 Å². The lowest BCUT2D eigenvalue weighted by Gasteiger charge is -2.48. The van der Waals surface area contributed by atoms with E-state index in [9.17, 15) is 4.79 Å². The molecule has 3 nitrogen and oxygen atoms in total. The highest BCUT2D eigenvalue weighted by molar-refractivity contribution is 9.10. The summed E-state index contributed by atoms with van der Waals surface area (Å²) in [6.45, 7) is 0. The smallest absolute Gasteiger partial charge is 0.271 e. The molecule has 1 aromatic heterocycles. The van der Waals surface area contributed by atoms with Gasteiger partial charge in [-0.2, -0.15) is 0 Å². The molecule has 2 heterocycles. The molecule has 0 unspecified atom stereocenters. The van der Waals surface area contributed by atoms with Crippen molar-refractivity contribution in [1.82, 2.24) is 9.47 Å². The Morgan fingerprint density at radius 2 is 2.05 bits per heavy atom. The fraction of sp³-hybridized carbons (Fsp3) is 0.312. The number of carbonyl (C=O) groups is 1. The van der Waals surface area contributed by atoms with Crippen LogP contribution in [0.4, 0.5) is 0 Å². The number of halogens is 1. The van der Waals surface area contributed by atoms with Crippen molar-refractivity contribution in [3.8, 4) is 5.69 Å². The first kappa shape index (κ1) is 12.2. The molecule has 1 aromatic carbocycles. The first-order valence-electron chi connectivity index (χ1n) is 6.89. The molecular weight excluding hydrogens is 316 g/mol. The van der Waals surface area contributed by atoms with E-state index in [0.717, 1.165) is 28.7 Å². The normalized spacial score (nSPS) is 19.3. The summed E-state index contributed by atoms with van der Waals surface area (Å²) in [6.07, 6.45) is 5.26. The second-order valence-corrected chi connectivity index (χ2v) is 6.59. The minimum absolute atomic E-state index is 0.113. The van der Waals surface area contributed by atoms with E-state index < -0.39 is 0 Å². The maximum atomic E-state index is 12.8. The Kier molecular flexibility index (Phi) is 2.43. The van der Waals surface area contributed by atoms with Crippen LogP contribution in [0.25, 0.3) is 5.69 Å². The molecule has 1 amide bonds. The van der Waals surface area contributed by atoms with E-state index in [4.69, 9.17) is 0 Å². The third-order valence-corrected chi connectivity index (χ3v) is 5.31. The van der Waals surface area contributed by atoms with Gasteiger partial charge in [0.25, 0.3) is 5.91 Å². The minimum Gasteiger partial charge on any atom is -0.331 e. The van der Waals surface area contributed by atoms with Gasteiger partial charge in [0.1, 0.15) is 5.69 Å². The number of carbonyl (C=O) groups excluding carboxylic acids is 1. The summed E-state index contributed by atoms with van der Waals surface area (Å²) in [5, 5.41) is 0. The van der Waals surface area contributed by atoms with Gasteiger partial charge in [-0.05, 0) is 43.5 Å². The Bertz CT molecular complexity index is 715. The number of nitrogens with zero attached hydrogens (tertiary/aromatic N) is 2. The molecule has 102 valence electrons. The number of fused-ring (bicyclic) bond motifs is 4. The Morgan fingerprint density at radius 3 is 2.75 bits per heavy atom. The summed E-state index contributed by atoms with van der Waals surface area (Å²) in [6, 6.07) is 10.2. The number of benzene rings is 1. The number of hydrogen-bond donors (Lipinski definition) is 0. The van der Waals surface area contributed by atoms with Crippen molar-refractivity contribution in [2.45, 2.75) is 24.8 Å². The highest BCUT2D eigenvalue weighted by Gasteiger charge is 2.48. The number of hydrogen-bond acceptors (Lipinski definition) is 1. The van der Waals surface area contributed by atoms with Gasteiger partial charge in [-0.25, -0.2) is 0 Å². The highest BCUT2D eigenvalue weighted by atomic mass is 79.9. The topological polar surface area (TPSA) is 25.2 Å². The Morgan fingerprint density at radius 1 is 1.25 bits per heavy atom. The molecule has 0 atom stereocenters. The van der Waals surface area contributed by atoms with Crippen LogP contribution < -0.4 is 0 Å². The Hall–Kier alpha value is -1.55. The summed E-state index contributed by atoms with van der Waals surface area (Å²) in [7, 11) is 1.94. The molecule has 0 saturated heterocycles. The van der Waals surface area contributed by atoms with Gasteiger partial charge in [0, 0.05) is 23.3 Å². The van der Waals surface area contributed by atoms with Gasteiger partial charge in [-0.1, -0.05) is 22.0 Å². The first-order valence-corrected chi connectivity index (χ1v) is 7.69. The quantitative estimate of drug-likeness (QED) is 0.723. The van der Waals surface area contributed by atoms with E-state index in [1.807, 2.05) is 34.8 Å². The molecule has 2 aromatic rings. The second kappa shape index (κ2) is 3.98. The average Bonchev–Trinajstić information content (AvgIpc) is 2.84. The van der Waals surface area contributed by atoms with E-state index in [2.05, 4.69) is 34.1 Å². The van der Waals surface area contributed by atoms with Gasteiger partial charge in [0.2, 0.25) is 0 Å². The maximum Gasteiger partial charge on any atom is 0.271 e. The van der Waals surface area contributed by atoms with Crippen LogP contribution in [0.2, 0.25) is 0 Å². The van der Waals surface area contributed by atoms with Gasteiger partial charge in [-0.15, -0.1) is 0 Å². The summed E-state index contributed by atoms with van der Waals surface area (Å²) in [4.78, 5) is 14.7. The molecule has 1 aliphatic heterocycles. The SMILES string of the molecule is CN1C(=O)c2cccn2-c2cc(Br)ccc2C12CCC2. The van der Waals surface area contributed by atoms with Crippen molar-refractivity contribution in [1.29, 1.82) is 0 Å². The molecular formula is C16H15BrN2O. The van der Waals surface area contributed by atoms with Gasteiger partial charge in [-0.3, -0.25) is 4.79 Å². The van der Waals surface area contributed by atoms with Crippen molar-refractivity contribution >= 4 is 21.8 Å². The predicted octanol–water partition coefficient (Wildman–Crippen LogP) is 3.70. The fourth-order valence-corrected chi connectivity index (χ4v) is 3.88. The predicted molar refractivity (Wildman–Crippen MR) is 81.1 cm³/mol. The van der Waals surface area contributed by atoms with Crippen LogP contribution in [0.5, 0.6) is 0 Å². The zero-order valence-electron chi connectivity index (χ0n) is 11.3. The summed E-state index contributed by atoms with van der Waals surface area (Å²) in [5.41, 5.74) is 3.01. The molecule has 20 heavy (non-hydrogen) atoms. The molecule has 0 N–H and O–H groups in total. The van der Waals surface area contributed by atoms with Gasteiger partial charge in [0.15, 0.2) is 0 Å². The lowest BCUT2D eigenvalue weighted by molar-refractivity contribution is 0.0270. The van der Waals surface area contributed by atoms with Crippen LogP contribution in [0.1, 0.15) is 35.3 Å². The van der Waals surface area contributed by atoms with Gasteiger partial charge >= 0.3 is 0 Å². The van der Waals surface area contributed by atoms with E-state index >= 15 is 0 Å². The summed E-state index contributed by atoms with van der Waals surface area (Å²) < 4.78 is 3.06. The molecule has 0 radical (unpaired) electrons. The van der Waals surface area contributed by atoms with Crippen molar-refractivity contribution in [2.24, 2.45) is 0 Å². The van der Waals surface area contributed by atoms with Crippen molar-refractivity contribution in [3.63, 3.8) is 0 Å². The monoisotopic (exact) mass is 330 g/mol. The second-order valence-electron chi connectivity index (χ2n) is 5.67. The molecule has 1 fully saturated rings. The van der Waals surface area contributed by atoms with E-state index in [-0.39, 0.29) is 11.4 Å². The molecule has 1 spiro atoms. The fourth-order valence-electron chi connectivity index (χ4n) is 3.53. The lowest BCUT2D eigenvalue weighted by Crippen LogP contribution is -2.51. The molecule has 1 aliphatic carbocycles. The van der Waals surface area contributed by atoms with E-state index in [1.54, 1.807) is 0 Å². The number of aromatic nitrogens is 1. The first-order chi connectivity index (χ1) is 9.63. The van der Waals surface area contributed by atoms with Crippen LogP contribution in [0, 0.1) is 0 Å². The molecule has 1 saturated carbocycles. The van der Waals surface area contributed by atoms with Gasteiger partial charge < -0.3 is 9.47 Å². The third-order valence-electron chi connectivity index (χ3n) is 4.82. The largest absolute Gasteiger partial charge is 0.331 e. The Labute approximate surface area is 126 Å². The zero-order valence-corrected chi connectivity index (χ0v) is 12.9. The zero-order chi connectivity index (χ0) is 13.9. The average molecular weight is 331 g/mol. The molecule has 4 heteroatoms. The molecule has 0 bridgehead atoms. The van der Waals surface area contributed by atoms with E-state index in [0.29, 0.717) is 0 Å². The number of amides is 1. The summed E-state index contributed by atoms with van der Waals surface area (Å²) >= 11 is 3.55. The lowest BCUT2D eigenvalue weighted by atomic mass is 9.70.